The molecule has 0 bridgehead atoms. The van der Waals surface area contributed by atoms with Crippen LogP contribution in [0.2, 0.25) is 0 Å². The van der Waals surface area contributed by atoms with E-state index in [4.69, 9.17) is 9.15 Å². The summed E-state index contributed by atoms with van der Waals surface area (Å²) in [5, 5.41) is 6.87. The van der Waals surface area contributed by atoms with E-state index in [1.54, 1.807) is 0 Å². The molecular formula is C58H50N2O2. The molecule has 0 saturated heterocycles. The van der Waals surface area contributed by atoms with Gasteiger partial charge in [0.2, 0.25) is 0 Å². The standard InChI is InChI=1S/C58H50N2O2/c1-33-9-13-37(5)51(23-33)59(52-24-34(2)10-14-38(52)6)45-19-17-41-29-49-47-21-22-48-50-30-42-18-20-46(28-44(42)32-56(50)62-58(48)57(47)61-55(49)31-43(41)27-45)60(53-25-35(3)11-15-39(53)7)54-26-36(4)12-16-40(54)8/h9-32,49,55H,1-8H3. The number of fused-ring (bicyclic) bond motifs is 9. The first-order valence-electron chi connectivity index (χ1n) is 21.8. The predicted molar refractivity (Wildman–Crippen MR) is 260 cm³/mol. The maximum absolute atomic E-state index is 6.94. The topological polar surface area (TPSA) is 28.9 Å². The monoisotopic (exact) mass is 806 g/mol. The molecule has 2 heterocycles. The summed E-state index contributed by atoms with van der Waals surface area (Å²) in [5.41, 5.74) is 19.7. The fourth-order valence-electron chi connectivity index (χ4n) is 9.82. The molecule has 1 aliphatic carbocycles. The summed E-state index contributed by atoms with van der Waals surface area (Å²) in [6.07, 6.45) is 4.57. The van der Waals surface area contributed by atoms with Crippen LogP contribution in [0, 0.1) is 55.4 Å². The molecule has 0 N–H and O–H groups in total. The van der Waals surface area contributed by atoms with Crippen LogP contribution in [0.1, 0.15) is 56.0 Å². The van der Waals surface area contributed by atoms with Crippen LogP contribution >= 0.6 is 0 Å². The summed E-state index contributed by atoms with van der Waals surface area (Å²) in [4.78, 5) is 4.83. The SMILES string of the molecule is Cc1ccc(C)c(N(c2ccc3c(c2)=CC2Oc4c(ccc5c4oc4cc6cc(N(c7cc(C)ccc7C)c7cc(C)ccc7C)ccc6cc45)C2C=3)c2cc(C)ccc2C)c1. The van der Waals surface area contributed by atoms with Crippen LogP contribution < -0.4 is 25.0 Å². The van der Waals surface area contributed by atoms with Crippen molar-refractivity contribution in [3.8, 4) is 5.75 Å². The summed E-state index contributed by atoms with van der Waals surface area (Å²) < 4.78 is 13.8. The van der Waals surface area contributed by atoms with E-state index in [1.807, 2.05) is 0 Å². The van der Waals surface area contributed by atoms with Crippen molar-refractivity contribution >= 4 is 79.0 Å². The molecule has 0 radical (unpaired) electrons. The van der Waals surface area contributed by atoms with Gasteiger partial charge in [-0.1, -0.05) is 72.8 Å². The molecule has 1 aliphatic heterocycles. The zero-order chi connectivity index (χ0) is 42.6. The minimum atomic E-state index is -0.135. The van der Waals surface area contributed by atoms with Gasteiger partial charge in [0.1, 0.15) is 11.7 Å². The number of nitrogens with zero attached hydrogens (tertiary/aromatic N) is 2. The molecule has 4 heteroatoms. The third-order valence-electron chi connectivity index (χ3n) is 13.2. The summed E-state index contributed by atoms with van der Waals surface area (Å²) in [6, 6.07) is 49.5. The third kappa shape index (κ3) is 6.19. The fourth-order valence-corrected chi connectivity index (χ4v) is 9.82. The number of benzene rings is 8. The van der Waals surface area contributed by atoms with Gasteiger partial charge in [-0.15, -0.1) is 0 Å². The number of hydrogen-bond donors (Lipinski definition) is 0. The molecule has 62 heavy (non-hydrogen) atoms. The van der Waals surface area contributed by atoms with E-state index in [0.717, 1.165) is 44.4 Å². The summed E-state index contributed by atoms with van der Waals surface area (Å²) in [7, 11) is 0. The van der Waals surface area contributed by atoms with E-state index in [9.17, 15) is 0 Å². The lowest BCUT2D eigenvalue weighted by atomic mass is 9.89. The zero-order valence-corrected chi connectivity index (χ0v) is 36.7. The van der Waals surface area contributed by atoms with Crippen molar-refractivity contribution in [1.82, 2.24) is 0 Å². The van der Waals surface area contributed by atoms with E-state index in [0.29, 0.717) is 0 Å². The Morgan fingerprint density at radius 1 is 0.419 bits per heavy atom. The highest BCUT2D eigenvalue weighted by Crippen LogP contribution is 2.48. The molecular weight excluding hydrogens is 757 g/mol. The molecule has 304 valence electrons. The van der Waals surface area contributed by atoms with Gasteiger partial charge in [-0.2, -0.15) is 0 Å². The van der Waals surface area contributed by atoms with Gasteiger partial charge in [0.05, 0.1) is 0 Å². The maximum Gasteiger partial charge on any atom is 0.177 e. The number of aryl methyl sites for hydroxylation is 8. The zero-order valence-electron chi connectivity index (χ0n) is 36.7. The van der Waals surface area contributed by atoms with Crippen LogP contribution in [-0.4, -0.2) is 6.10 Å². The molecule has 9 aromatic rings. The molecule has 0 amide bonds. The van der Waals surface area contributed by atoms with Gasteiger partial charge in [-0.3, -0.25) is 0 Å². The minimum Gasteiger partial charge on any atom is -0.481 e. The van der Waals surface area contributed by atoms with Crippen LogP contribution in [-0.2, 0) is 0 Å². The molecule has 8 aromatic carbocycles. The van der Waals surface area contributed by atoms with Crippen molar-refractivity contribution < 1.29 is 9.15 Å². The first-order valence-corrected chi connectivity index (χ1v) is 21.8. The van der Waals surface area contributed by atoms with Gasteiger partial charge in [-0.25, -0.2) is 0 Å². The molecule has 2 aliphatic rings. The van der Waals surface area contributed by atoms with E-state index in [-0.39, 0.29) is 12.0 Å². The second-order valence-electron chi connectivity index (χ2n) is 17.9. The van der Waals surface area contributed by atoms with Crippen LogP contribution in [0.3, 0.4) is 0 Å². The van der Waals surface area contributed by atoms with Crippen molar-refractivity contribution in [3.05, 3.63) is 194 Å². The van der Waals surface area contributed by atoms with Gasteiger partial charge in [0.15, 0.2) is 11.3 Å². The average Bonchev–Trinajstić information content (AvgIpc) is 3.81. The van der Waals surface area contributed by atoms with Crippen molar-refractivity contribution in [2.45, 2.75) is 67.4 Å². The van der Waals surface area contributed by atoms with Gasteiger partial charge < -0.3 is 19.0 Å². The molecule has 11 rings (SSSR count). The van der Waals surface area contributed by atoms with Crippen molar-refractivity contribution in [3.63, 3.8) is 0 Å². The normalized spacial score (nSPS) is 15.2. The quantitative estimate of drug-likeness (QED) is 0.167. The van der Waals surface area contributed by atoms with E-state index < -0.39 is 0 Å². The molecule has 0 saturated carbocycles. The molecule has 0 fully saturated rings. The van der Waals surface area contributed by atoms with Crippen LogP contribution in [0.4, 0.5) is 34.1 Å². The van der Waals surface area contributed by atoms with Crippen LogP contribution in [0.15, 0.2) is 138 Å². The van der Waals surface area contributed by atoms with Gasteiger partial charge >= 0.3 is 0 Å². The average molecular weight is 807 g/mol. The molecule has 4 nitrogen and oxygen atoms in total. The second kappa shape index (κ2) is 14.3. The molecule has 2 unspecified atom stereocenters. The largest absolute Gasteiger partial charge is 0.481 e. The fraction of sp³-hybridized carbons (Fsp3) is 0.172. The highest BCUT2D eigenvalue weighted by Gasteiger charge is 2.36. The summed E-state index contributed by atoms with van der Waals surface area (Å²) in [5.74, 6) is 0.945. The Hall–Kier alpha value is -7.04. The third-order valence-corrected chi connectivity index (χ3v) is 13.2. The van der Waals surface area contributed by atoms with Gasteiger partial charge in [0, 0.05) is 56.4 Å². The van der Waals surface area contributed by atoms with Crippen molar-refractivity contribution in [1.29, 1.82) is 0 Å². The number of ether oxygens (including phenoxy) is 1. The Balaban J connectivity index is 0.989. The predicted octanol–water partition coefficient (Wildman–Crippen LogP) is 14.3. The Kier molecular flexibility index (Phi) is 8.73. The van der Waals surface area contributed by atoms with Crippen molar-refractivity contribution in [2.75, 3.05) is 9.80 Å². The Bertz CT molecular complexity index is 3360. The number of hydrogen-bond acceptors (Lipinski definition) is 4. The maximum atomic E-state index is 6.94. The highest BCUT2D eigenvalue weighted by molar-refractivity contribution is 6.12. The minimum absolute atomic E-state index is 0.0953. The first kappa shape index (κ1) is 37.9. The first-order chi connectivity index (χ1) is 30.0. The van der Waals surface area contributed by atoms with Gasteiger partial charge in [0.25, 0.3) is 0 Å². The lowest BCUT2D eigenvalue weighted by molar-refractivity contribution is 0.288. The van der Waals surface area contributed by atoms with Crippen molar-refractivity contribution in [2.24, 2.45) is 0 Å². The smallest absolute Gasteiger partial charge is 0.177 e. The Morgan fingerprint density at radius 2 is 0.952 bits per heavy atom. The molecule has 0 spiro atoms. The molecule has 1 aromatic heterocycles. The van der Waals surface area contributed by atoms with Crippen LogP contribution in [0.5, 0.6) is 5.75 Å². The lowest BCUT2D eigenvalue weighted by Crippen LogP contribution is -2.35. The number of furan rings is 1. The van der Waals surface area contributed by atoms with E-state index >= 15 is 0 Å². The summed E-state index contributed by atoms with van der Waals surface area (Å²) in [6.45, 7) is 17.5. The lowest BCUT2D eigenvalue weighted by Gasteiger charge is -2.29. The molecule has 2 atom stereocenters. The Morgan fingerprint density at radius 3 is 1.52 bits per heavy atom. The van der Waals surface area contributed by atoms with E-state index in [2.05, 4.69) is 211 Å². The number of anilines is 6. The summed E-state index contributed by atoms with van der Waals surface area (Å²) >= 11 is 0. The highest BCUT2D eigenvalue weighted by atomic mass is 16.5. The van der Waals surface area contributed by atoms with E-state index in [1.165, 1.54) is 88.6 Å². The Labute approximate surface area is 363 Å². The van der Waals surface area contributed by atoms with Crippen LogP contribution in [0.25, 0.3) is 44.9 Å². The van der Waals surface area contributed by atoms with Gasteiger partial charge in [-0.05, 0) is 194 Å². The number of rotatable bonds is 6. The second-order valence-corrected chi connectivity index (χ2v) is 17.9.